The van der Waals surface area contributed by atoms with E-state index in [1.165, 1.54) is 12.0 Å². The fourth-order valence-corrected chi connectivity index (χ4v) is 12.1. The SMILES string of the molecule is CO[C@H]1C[C@@H]2CC[C@@H](C)[C@@](O)(O2)C(=O)C(=O)N2CCCCC2C(=O)O[C@H]([C@H](C)C[C@@H]2CC[C@@H](O)[C@H](OC)C2)CC(=O)[C@H](C)C=C(C)[C@@H](O)[C@@H](OC)C(=O)[C@H](C)C[C@H](C)C2CC[C@H](C=C1C)ON2c1ccccc1. The first-order valence-corrected chi connectivity index (χ1v) is 27.1. The number of rotatable bonds is 7. The summed E-state index contributed by atoms with van der Waals surface area (Å²) in [6.07, 6.45) is 4.36. The Morgan fingerprint density at radius 1 is 0.808 bits per heavy atom. The summed E-state index contributed by atoms with van der Waals surface area (Å²) in [4.78, 5) is 79.9. The maximum atomic E-state index is 14.5. The molecule has 6 aliphatic rings. The van der Waals surface area contributed by atoms with Crippen LogP contribution < -0.4 is 5.06 Å². The van der Waals surface area contributed by atoms with Gasteiger partial charge in [-0.2, -0.15) is 0 Å². The lowest BCUT2D eigenvalue weighted by atomic mass is 9.78. The van der Waals surface area contributed by atoms with Crippen LogP contribution in [-0.2, 0) is 52.5 Å². The van der Waals surface area contributed by atoms with Crippen molar-refractivity contribution in [1.82, 2.24) is 4.90 Å². The highest BCUT2D eigenvalue weighted by atomic mass is 16.7. The fourth-order valence-electron chi connectivity index (χ4n) is 12.1. The van der Waals surface area contributed by atoms with Gasteiger partial charge in [0.2, 0.25) is 5.79 Å². The predicted molar refractivity (Wildman–Crippen MR) is 274 cm³/mol. The predicted octanol–water partition coefficient (Wildman–Crippen LogP) is 7.04. The van der Waals surface area contributed by atoms with Gasteiger partial charge < -0.3 is 43.9 Å². The third-order valence-corrected chi connectivity index (χ3v) is 16.9. The first-order chi connectivity index (χ1) is 34.7. The number of para-hydroxylation sites is 1. The first kappa shape index (κ1) is 58.4. The van der Waals surface area contributed by atoms with E-state index < -0.39 is 83.9 Å². The Bertz CT molecular complexity index is 2100. The fraction of sp³-hybridized carbons (Fsp3) is 0.737. The lowest BCUT2D eigenvalue weighted by molar-refractivity contribution is -0.265. The van der Waals surface area contributed by atoms with Gasteiger partial charge in [0, 0.05) is 58.5 Å². The second-order valence-electron chi connectivity index (χ2n) is 22.3. The average molecular weight is 1020 g/mol. The second-order valence-corrected chi connectivity index (χ2v) is 22.3. The Morgan fingerprint density at radius 2 is 1.53 bits per heavy atom. The number of allylic oxidation sites excluding steroid dienone is 1. The van der Waals surface area contributed by atoms with Gasteiger partial charge in [-0.1, -0.05) is 65.0 Å². The number of ether oxygens (including phenoxy) is 5. The van der Waals surface area contributed by atoms with E-state index in [0.29, 0.717) is 69.8 Å². The van der Waals surface area contributed by atoms with Gasteiger partial charge in [-0.3, -0.25) is 29.1 Å². The molecule has 0 aromatic heterocycles. The minimum Gasteiger partial charge on any atom is -0.460 e. The molecule has 5 heterocycles. The zero-order valence-electron chi connectivity index (χ0n) is 45.1. The van der Waals surface area contributed by atoms with Gasteiger partial charge in [-0.15, -0.1) is 0 Å². The summed E-state index contributed by atoms with van der Waals surface area (Å²) in [7, 11) is 4.56. The molecule has 1 aromatic rings. The number of amides is 1. The minimum absolute atomic E-state index is 0.0349. The number of hydrogen-bond donors (Lipinski definition) is 3. The molecule has 16 heteroatoms. The average Bonchev–Trinajstić information content (AvgIpc) is 3.38. The van der Waals surface area contributed by atoms with Gasteiger partial charge in [0.1, 0.15) is 36.2 Å². The molecule has 5 aliphatic heterocycles. The van der Waals surface area contributed by atoms with Crippen molar-refractivity contribution in [3.8, 4) is 0 Å². The summed E-state index contributed by atoms with van der Waals surface area (Å²) in [6, 6.07) is 8.56. The van der Waals surface area contributed by atoms with Crippen molar-refractivity contribution in [3.05, 3.63) is 53.6 Å². The molecule has 0 spiro atoms. The molecule has 73 heavy (non-hydrogen) atoms. The van der Waals surface area contributed by atoms with Crippen LogP contribution in [-0.4, -0.2) is 144 Å². The molecule has 1 aromatic carbocycles. The summed E-state index contributed by atoms with van der Waals surface area (Å²) < 4.78 is 29.9. The van der Waals surface area contributed by atoms with Gasteiger partial charge in [-0.25, -0.2) is 4.79 Å². The Morgan fingerprint density at radius 3 is 2.22 bits per heavy atom. The highest BCUT2D eigenvalue weighted by Crippen LogP contribution is 2.39. The highest BCUT2D eigenvalue weighted by Gasteiger charge is 2.53. The molecule has 17 atom stereocenters. The first-order valence-electron chi connectivity index (χ1n) is 27.1. The molecule has 0 radical (unpaired) electrons. The molecular formula is C57H86N2O14. The number of esters is 1. The van der Waals surface area contributed by atoms with E-state index in [0.717, 1.165) is 17.7 Å². The molecular weight excluding hydrogens is 937 g/mol. The Hall–Kier alpha value is -3.87. The maximum Gasteiger partial charge on any atom is 0.329 e. The number of nitrogens with zero attached hydrogens (tertiary/aromatic N) is 2. The number of hydroxylamine groups is 1. The molecule has 2 unspecified atom stereocenters. The zero-order chi connectivity index (χ0) is 53.3. The lowest BCUT2D eigenvalue weighted by Gasteiger charge is -2.43. The van der Waals surface area contributed by atoms with Crippen LogP contribution in [0.4, 0.5) is 5.69 Å². The molecule has 4 fully saturated rings. The third kappa shape index (κ3) is 14.1. The Kier molecular flexibility index (Phi) is 21.0. The summed E-state index contributed by atoms with van der Waals surface area (Å²) in [6.45, 7) is 12.9. The summed E-state index contributed by atoms with van der Waals surface area (Å²) in [5.41, 5.74) is 2.11. The van der Waals surface area contributed by atoms with Crippen LogP contribution in [0.25, 0.3) is 0 Å². The van der Waals surface area contributed by atoms with Crippen molar-refractivity contribution in [1.29, 1.82) is 0 Å². The van der Waals surface area contributed by atoms with Gasteiger partial charge in [0.25, 0.3) is 11.7 Å². The molecule has 3 N–H and O–H groups in total. The van der Waals surface area contributed by atoms with E-state index in [1.54, 1.807) is 41.1 Å². The van der Waals surface area contributed by atoms with Gasteiger partial charge in [0.15, 0.2) is 5.78 Å². The van der Waals surface area contributed by atoms with Crippen molar-refractivity contribution in [3.63, 3.8) is 0 Å². The van der Waals surface area contributed by atoms with E-state index in [4.69, 9.17) is 28.5 Å². The van der Waals surface area contributed by atoms with Crippen molar-refractivity contribution >= 4 is 34.9 Å². The number of fused-ring (bicyclic) bond motifs is 17. The molecule has 1 aliphatic carbocycles. The number of aliphatic hydroxyl groups excluding tert-OH is 2. The zero-order valence-corrected chi connectivity index (χ0v) is 45.1. The number of piperidine rings is 1. The number of aliphatic hydroxyl groups is 3. The standard InChI is InChI=1S/C57H86N2O14/c1-33-26-37(5)51(62)53(70-10)52(63)38(6)27-34(2)47(61)32-49(35(3)28-40-20-24-46(60)50(30-40)69-9)71-56(66)45-18-14-15-25-58(45)55(65)54(64)57(67)39(7)19-21-42(72-57)31-48(68-8)36(4)29-43-22-23-44(33)59(73-43)41-16-12-11-13-17-41/h11-13,16-17,27,29,33-35,37,39-40,42-46,48-50,52-53,60,63,67H,14-15,18-26,28,30-32H2,1-10H3/t33-,34+,35+,37+,39+,40-,42-,43+,44?,45?,46+,48-,49-,50+,52+,53-,57+/m0/s1. The van der Waals surface area contributed by atoms with Crippen LogP contribution in [0, 0.1) is 35.5 Å². The topological polar surface area (TPSA) is 208 Å². The highest BCUT2D eigenvalue weighted by molar-refractivity contribution is 6.39. The normalized spacial score (nSPS) is 38.0. The van der Waals surface area contributed by atoms with Crippen LogP contribution in [0.15, 0.2) is 53.6 Å². The van der Waals surface area contributed by atoms with Crippen LogP contribution in [0.2, 0.25) is 0 Å². The van der Waals surface area contributed by atoms with Crippen molar-refractivity contribution in [2.24, 2.45) is 35.5 Å². The number of anilines is 1. The van der Waals surface area contributed by atoms with Gasteiger partial charge >= 0.3 is 5.97 Å². The number of methoxy groups -OCH3 is 3. The van der Waals surface area contributed by atoms with E-state index in [9.17, 15) is 39.3 Å². The largest absolute Gasteiger partial charge is 0.460 e. The van der Waals surface area contributed by atoms with E-state index in [1.807, 2.05) is 62.2 Å². The smallest absolute Gasteiger partial charge is 0.329 e. The number of carbonyl (C=O) groups excluding carboxylic acids is 5. The van der Waals surface area contributed by atoms with Crippen LogP contribution in [0.1, 0.15) is 138 Å². The molecule has 4 bridgehead atoms. The number of Topliss-reactive ketones (excluding diaryl/α,β-unsaturated/α-hetero) is 3. The third-order valence-electron chi connectivity index (χ3n) is 16.9. The van der Waals surface area contributed by atoms with Crippen LogP contribution in [0.3, 0.4) is 0 Å². The van der Waals surface area contributed by atoms with Gasteiger partial charge in [0.05, 0.1) is 36.1 Å². The molecule has 1 saturated carbocycles. The quantitative estimate of drug-likeness (QED) is 0.142. The Balaban J connectivity index is 1.34. The number of hydrogen-bond acceptors (Lipinski definition) is 15. The number of carbonyl (C=O) groups is 5. The monoisotopic (exact) mass is 1020 g/mol. The summed E-state index contributed by atoms with van der Waals surface area (Å²) >= 11 is 0. The van der Waals surface area contributed by atoms with E-state index in [2.05, 4.69) is 6.92 Å². The minimum atomic E-state index is -2.46. The molecule has 7 rings (SSSR count). The van der Waals surface area contributed by atoms with Crippen LogP contribution in [0.5, 0.6) is 0 Å². The van der Waals surface area contributed by atoms with E-state index >= 15 is 0 Å². The lowest BCUT2D eigenvalue weighted by Crippen LogP contribution is -2.61. The van der Waals surface area contributed by atoms with Crippen molar-refractivity contribution in [2.45, 2.75) is 205 Å². The van der Waals surface area contributed by atoms with Crippen molar-refractivity contribution < 1.29 is 67.8 Å². The molecule has 408 valence electrons. The van der Waals surface area contributed by atoms with Crippen LogP contribution >= 0.6 is 0 Å². The number of benzene rings is 1. The molecule has 3 saturated heterocycles. The number of ketones is 3. The summed E-state index contributed by atoms with van der Waals surface area (Å²) in [5.74, 6) is -8.21. The molecule has 1 amide bonds. The molecule has 16 nitrogen and oxygen atoms in total. The Labute approximate surface area is 433 Å². The van der Waals surface area contributed by atoms with Gasteiger partial charge in [-0.05, 0) is 132 Å². The maximum absolute atomic E-state index is 14.5. The summed E-state index contributed by atoms with van der Waals surface area (Å²) in [5, 5.41) is 36.3. The second kappa shape index (κ2) is 26.3. The van der Waals surface area contributed by atoms with Crippen molar-refractivity contribution in [2.75, 3.05) is 32.9 Å². The van der Waals surface area contributed by atoms with E-state index in [-0.39, 0.29) is 73.4 Å².